The van der Waals surface area contributed by atoms with Gasteiger partial charge in [0.25, 0.3) is 0 Å². The highest BCUT2D eigenvalue weighted by molar-refractivity contribution is 6.41. The van der Waals surface area contributed by atoms with Crippen LogP contribution in [0.4, 0.5) is 0 Å². The summed E-state index contributed by atoms with van der Waals surface area (Å²) in [5.41, 5.74) is 0.696. The summed E-state index contributed by atoms with van der Waals surface area (Å²) >= 11 is 17.7. The minimum absolute atomic E-state index is 0.129. The molecule has 2 rings (SSSR count). The van der Waals surface area contributed by atoms with Crippen molar-refractivity contribution >= 4 is 40.7 Å². The molecule has 1 amide bonds. The molecule has 9 heteroatoms. The van der Waals surface area contributed by atoms with Crippen LogP contribution in [0, 0.1) is 6.92 Å². The number of nitrogens with one attached hydrogen (secondary N) is 1. The van der Waals surface area contributed by atoms with Gasteiger partial charge >= 0.3 is 0 Å². The molecule has 6 nitrogen and oxygen atoms in total. The number of hydrogen-bond donors (Lipinski definition) is 1. The van der Waals surface area contributed by atoms with Gasteiger partial charge in [-0.2, -0.15) is 10.2 Å². The Bertz CT molecular complexity index is 637. The minimum atomic E-state index is -0.129. The molecular weight excluding hydrogens is 337 g/mol. The summed E-state index contributed by atoms with van der Waals surface area (Å²) in [6, 6.07) is 0. The van der Waals surface area contributed by atoms with E-state index in [4.69, 9.17) is 34.8 Å². The fourth-order valence-corrected chi connectivity index (χ4v) is 2.31. The van der Waals surface area contributed by atoms with Crippen molar-refractivity contribution in [2.24, 2.45) is 0 Å². The van der Waals surface area contributed by atoms with E-state index >= 15 is 0 Å². The molecule has 0 aliphatic rings. The minimum Gasteiger partial charge on any atom is -0.354 e. The van der Waals surface area contributed by atoms with E-state index in [9.17, 15) is 4.79 Å². The highest BCUT2D eigenvalue weighted by Gasteiger charge is 2.10. The first-order valence-electron chi connectivity index (χ1n) is 6.30. The van der Waals surface area contributed by atoms with Gasteiger partial charge in [-0.15, -0.1) is 0 Å². The standard InChI is InChI=1S/C12H14Cl3N5O/c1-8-11(14)12(15)20(18-8)4-2-3-16-10(21)7-19-6-9(13)5-17-19/h5-6H,2-4,7H2,1H3,(H,16,21). The molecule has 0 bridgehead atoms. The molecule has 21 heavy (non-hydrogen) atoms. The first-order chi connectivity index (χ1) is 9.97. The van der Waals surface area contributed by atoms with Crippen LogP contribution in [0.2, 0.25) is 15.2 Å². The average molecular weight is 351 g/mol. The quantitative estimate of drug-likeness (QED) is 0.814. The van der Waals surface area contributed by atoms with Crippen LogP contribution in [0.1, 0.15) is 12.1 Å². The smallest absolute Gasteiger partial charge is 0.241 e. The highest BCUT2D eigenvalue weighted by Crippen LogP contribution is 2.24. The van der Waals surface area contributed by atoms with E-state index in [1.165, 1.54) is 10.9 Å². The molecule has 1 N–H and O–H groups in total. The van der Waals surface area contributed by atoms with Gasteiger partial charge in [-0.05, 0) is 13.3 Å². The number of carbonyl (C=O) groups excluding carboxylic acids is 1. The maximum atomic E-state index is 11.7. The van der Waals surface area contributed by atoms with Gasteiger partial charge in [0.15, 0.2) is 0 Å². The van der Waals surface area contributed by atoms with Gasteiger partial charge in [-0.1, -0.05) is 34.8 Å². The second-order valence-corrected chi connectivity index (χ2v) is 5.65. The Labute approximate surface area is 137 Å². The molecule has 0 fully saturated rings. The zero-order chi connectivity index (χ0) is 15.4. The molecule has 2 aromatic rings. The molecule has 114 valence electrons. The summed E-state index contributed by atoms with van der Waals surface area (Å²) in [7, 11) is 0. The number of aromatic nitrogens is 4. The second kappa shape index (κ2) is 7.15. The van der Waals surface area contributed by atoms with Crippen molar-refractivity contribution in [3.63, 3.8) is 0 Å². The lowest BCUT2D eigenvalue weighted by molar-refractivity contribution is -0.121. The lowest BCUT2D eigenvalue weighted by Gasteiger charge is -2.06. The summed E-state index contributed by atoms with van der Waals surface area (Å²) < 4.78 is 3.10. The molecule has 0 spiro atoms. The van der Waals surface area contributed by atoms with Gasteiger partial charge in [0, 0.05) is 19.3 Å². The Morgan fingerprint density at radius 3 is 2.71 bits per heavy atom. The lowest BCUT2D eigenvalue weighted by Crippen LogP contribution is -2.29. The SMILES string of the molecule is Cc1nn(CCCNC(=O)Cn2cc(Cl)cn2)c(Cl)c1Cl. The number of rotatable bonds is 6. The van der Waals surface area contributed by atoms with Gasteiger partial charge in [-0.25, -0.2) is 0 Å². The molecule has 0 saturated heterocycles. The number of aryl methyl sites for hydroxylation is 2. The highest BCUT2D eigenvalue weighted by atomic mass is 35.5. The number of amides is 1. The normalized spacial score (nSPS) is 10.9. The van der Waals surface area contributed by atoms with Crippen LogP contribution in [0.15, 0.2) is 12.4 Å². The van der Waals surface area contributed by atoms with Crippen molar-refractivity contribution in [3.05, 3.63) is 33.3 Å². The third-order valence-corrected chi connectivity index (χ3v) is 3.90. The van der Waals surface area contributed by atoms with Gasteiger partial charge < -0.3 is 5.32 Å². The predicted molar refractivity (Wildman–Crippen MR) is 81.8 cm³/mol. The van der Waals surface area contributed by atoms with E-state index in [-0.39, 0.29) is 12.5 Å². The number of halogens is 3. The molecule has 0 aliphatic heterocycles. The Kier molecular flexibility index (Phi) is 5.50. The van der Waals surface area contributed by atoms with Gasteiger partial charge in [0.05, 0.1) is 16.9 Å². The maximum absolute atomic E-state index is 11.7. The van der Waals surface area contributed by atoms with Crippen LogP contribution in [-0.2, 0) is 17.9 Å². The molecule has 0 aromatic carbocycles. The Morgan fingerprint density at radius 1 is 1.38 bits per heavy atom. The largest absolute Gasteiger partial charge is 0.354 e. The van der Waals surface area contributed by atoms with Gasteiger partial charge in [0.2, 0.25) is 5.91 Å². The average Bonchev–Trinajstić information content (AvgIpc) is 2.94. The maximum Gasteiger partial charge on any atom is 0.241 e. The van der Waals surface area contributed by atoms with E-state index in [2.05, 4.69) is 15.5 Å². The third-order valence-electron chi connectivity index (χ3n) is 2.77. The van der Waals surface area contributed by atoms with E-state index < -0.39 is 0 Å². The summed E-state index contributed by atoms with van der Waals surface area (Å²) in [4.78, 5) is 11.7. The van der Waals surface area contributed by atoms with Gasteiger partial charge in [-0.3, -0.25) is 14.2 Å². The van der Waals surface area contributed by atoms with E-state index in [0.29, 0.717) is 40.4 Å². The van der Waals surface area contributed by atoms with Crippen LogP contribution >= 0.6 is 34.8 Å². The van der Waals surface area contributed by atoms with Crippen molar-refractivity contribution in [1.82, 2.24) is 24.9 Å². The van der Waals surface area contributed by atoms with Crippen LogP contribution < -0.4 is 5.32 Å². The van der Waals surface area contributed by atoms with Crippen molar-refractivity contribution in [2.45, 2.75) is 26.4 Å². The Morgan fingerprint density at radius 2 is 2.14 bits per heavy atom. The molecule has 2 heterocycles. The van der Waals surface area contributed by atoms with Crippen LogP contribution in [0.25, 0.3) is 0 Å². The van der Waals surface area contributed by atoms with Crippen LogP contribution in [0.3, 0.4) is 0 Å². The summed E-state index contributed by atoms with van der Waals surface area (Å²) in [6.07, 6.45) is 3.78. The molecule has 0 aliphatic carbocycles. The molecule has 0 radical (unpaired) electrons. The first kappa shape index (κ1) is 16.1. The molecule has 0 atom stereocenters. The summed E-state index contributed by atoms with van der Waals surface area (Å²) in [5.74, 6) is -0.129. The molecule has 0 unspecified atom stereocenters. The van der Waals surface area contributed by atoms with E-state index in [1.807, 2.05) is 0 Å². The topological polar surface area (TPSA) is 64.7 Å². The van der Waals surface area contributed by atoms with E-state index in [0.717, 1.165) is 0 Å². The monoisotopic (exact) mass is 349 g/mol. The molecule has 2 aromatic heterocycles. The zero-order valence-electron chi connectivity index (χ0n) is 11.3. The fourth-order valence-electron chi connectivity index (χ4n) is 1.76. The Balaban J connectivity index is 1.72. The number of carbonyl (C=O) groups is 1. The lowest BCUT2D eigenvalue weighted by atomic mass is 10.4. The predicted octanol–water partition coefficient (Wildman–Crippen LogP) is 2.55. The van der Waals surface area contributed by atoms with E-state index in [1.54, 1.807) is 17.8 Å². The Hall–Kier alpha value is -1.24. The first-order valence-corrected chi connectivity index (χ1v) is 7.44. The number of hydrogen-bond acceptors (Lipinski definition) is 3. The third kappa shape index (κ3) is 4.36. The molecule has 0 saturated carbocycles. The second-order valence-electron chi connectivity index (χ2n) is 4.47. The van der Waals surface area contributed by atoms with Crippen molar-refractivity contribution in [3.8, 4) is 0 Å². The summed E-state index contributed by atoms with van der Waals surface area (Å²) in [5, 5.41) is 12.3. The summed E-state index contributed by atoms with van der Waals surface area (Å²) in [6.45, 7) is 3.03. The van der Waals surface area contributed by atoms with Crippen LogP contribution in [-0.4, -0.2) is 32.0 Å². The number of nitrogens with zero attached hydrogens (tertiary/aromatic N) is 4. The zero-order valence-corrected chi connectivity index (χ0v) is 13.6. The molecular formula is C12H14Cl3N5O. The van der Waals surface area contributed by atoms with Crippen LogP contribution in [0.5, 0.6) is 0 Å². The van der Waals surface area contributed by atoms with Crippen molar-refractivity contribution < 1.29 is 4.79 Å². The fraction of sp³-hybridized carbons (Fsp3) is 0.417. The van der Waals surface area contributed by atoms with Crippen molar-refractivity contribution in [2.75, 3.05) is 6.54 Å². The van der Waals surface area contributed by atoms with Gasteiger partial charge in [0.1, 0.15) is 16.7 Å². The van der Waals surface area contributed by atoms with Crippen molar-refractivity contribution in [1.29, 1.82) is 0 Å².